The molecule has 0 amide bonds. The van der Waals surface area contributed by atoms with Gasteiger partial charge in [-0.1, -0.05) is 12.1 Å². The van der Waals surface area contributed by atoms with Crippen LogP contribution >= 0.6 is 0 Å². The summed E-state index contributed by atoms with van der Waals surface area (Å²) in [6.45, 7) is 1.42. The van der Waals surface area contributed by atoms with Gasteiger partial charge in [-0.15, -0.1) is 0 Å². The third-order valence-corrected chi connectivity index (χ3v) is 3.82. The van der Waals surface area contributed by atoms with Gasteiger partial charge in [0.2, 0.25) is 0 Å². The fraction of sp³-hybridized carbons (Fsp3) is 0.538. The average molecular weight is 286 g/mol. The van der Waals surface area contributed by atoms with Gasteiger partial charge in [0.05, 0.1) is 12.9 Å². The van der Waals surface area contributed by atoms with Crippen LogP contribution in [0.15, 0.2) is 24.3 Å². The molecule has 0 spiro atoms. The van der Waals surface area contributed by atoms with Crippen LogP contribution < -0.4 is 10.2 Å². The van der Waals surface area contributed by atoms with E-state index in [1.165, 1.54) is 6.26 Å². The number of methoxy groups -OCH3 is 1. The molecule has 108 valence electrons. The zero-order valence-electron chi connectivity index (χ0n) is 11.7. The van der Waals surface area contributed by atoms with E-state index in [4.69, 9.17) is 4.74 Å². The van der Waals surface area contributed by atoms with Gasteiger partial charge in [0.15, 0.2) is 0 Å². The van der Waals surface area contributed by atoms with Crippen molar-refractivity contribution >= 4 is 9.84 Å². The molecule has 0 fully saturated rings. The standard InChI is InChI=1S/C13H22N2O3S/c1-14-15(9-4-10-19(3,16)17)11-12-5-7-13(18-2)8-6-12/h5-8,14H,4,9-11H2,1-3H3. The van der Waals surface area contributed by atoms with Crippen LogP contribution in [0.1, 0.15) is 12.0 Å². The van der Waals surface area contributed by atoms with Gasteiger partial charge in [0.25, 0.3) is 0 Å². The molecule has 0 unspecified atom stereocenters. The van der Waals surface area contributed by atoms with Crippen LogP contribution in [0, 0.1) is 0 Å². The second kappa shape index (κ2) is 7.47. The van der Waals surface area contributed by atoms with E-state index in [2.05, 4.69) is 5.43 Å². The number of rotatable bonds is 8. The SMILES string of the molecule is CNN(CCCS(C)(=O)=O)Cc1ccc(OC)cc1. The maximum atomic E-state index is 11.1. The Morgan fingerprint density at radius 3 is 2.37 bits per heavy atom. The van der Waals surface area contributed by atoms with E-state index in [1.807, 2.05) is 36.3 Å². The first kappa shape index (κ1) is 15.9. The molecule has 0 aliphatic carbocycles. The molecule has 1 aromatic rings. The summed E-state index contributed by atoms with van der Waals surface area (Å²) in [5.41, 5.74) is 4.22. The Hall–Kier alpha value is -1.11. The number of nitrogens with zero attached hydrogens (tertiary/aromatic N) is 1. The quantitative estimate of drug-likeness (QED) is 0.724. The maximum absolute atomic E-state index is 11.1. The lowest BCUT2D eigenvalue weighted by Gasteiger charge is -2.21. The summed E-state index contributed by atoms with van der Waals surface area (Å²) in [7, 11) is 0.595. The van der Waals surface area contributed by atoms with E-state index in [0.717, 1.165) is 17.9 Å². The van der Waals surface area contributed by atoms with E-state index >= 15 is 0 Å². The molecule has 6 heteroatoms. The molecule has 0 aliphatic rings. The number of benzene rings is 1. The normalized spacial score (nSPS) is 11.8. The molecule has 0 heterocycles. The summed E-state index contributed by atoms with van der Waals surface area (Å²) in [6.07, 6.45) is 1.88. The summed E-state index contributed by atoms with van der Waals surface area (Å²) >= 11 is 0. The molecule has 0 aromatic heterocycles. The van der Waals surface area contributed by atoms with Gasteiger partial charge in [-0.25, -0.2) is 13.4 Å². The second-order valence-electron chi connectivity index (χ2n) is 4.48. The molecule has 0 radical (unpaired) electrons. The molecule has 1 aromatic carbocycles. The minimum atomic E-state index is -2.88. The Bertz CT molecular complexity index is 471. The molecular formula is C13H22N2O3S. The molecule has 5 nitrogen and oxygen atoms in total. The third-order valence-electron chi connectivity index (χ3n) is 2.79. The lowest BCUT2D eigenvalue weighted by molar-refractivity contribution is 0.199. The van der Waals surface area contributed by atoms with Gasteiger partial charge < -0.3 is 4.74 Å². The van der Waals surface area contributed by atoms with E-state index in [0.29, 0.717) is 13.0 Å². The predicted molar refractivity (Wildman–Crippen MR) is 76.8 cm³/mol. The van der Waals surface area contributed by atoms with E-state index in [1.54, 1.807) is 7.11 Å². The van der Waals surface area contributed by atoms with Crippen molar-refractivity contribution in [2.45, 2.75) is 13.0 Å². The number of nitrogens with one attached hydrogen (secondary N) is 1. The molecule has 1 rings (SSSR count). The van der Waals surface area contributed by atoms with Crippen LogP contribution in [-0.4, -0.2) is 46.1 Å². The summed E-state index contributed by atoms with van der Waals surface area (Å²) in [6, 6.07) is 7.83. The Balaban J connectivity index is 2.46. The molecule has 0 saturated heterocycles. The van der Waals surface area contributed by atoms with Crippen molar-refractivity contribution in [2.75, 3.05) is 32.7 Å². The highest BCUT2D eigenvalue weighted by Gasteiger charge is 2.07. The number of sulfone groups is 1. The van der Waals surface area contributed by atoms with Gasteiger partial charge in [0.1, 0.15) is 15.6 Å². The summed E-state index contributed by atoms with van der Waals surface area (Å²) in [5.74, 6) is 1.05. The van der Waals surface area contributed by atoms with E-state index < -0.39 is 9.84 Å². The van der Waals surface area contributed by atoms with Crippen molar-refractivity contribution < 1.29 is 13.2 Å². The molecule has 0 saturated carbocycles. The lowest BCUT2D eigenvalue weighted by atomic mass is 10.2. The largest absolute Gasteiger partial charge is 0.497 e. The highest BCUT2D eigenvalue weighted by atomic mass is 32.2. The van der Waals surface area contributed by atoms with Crippen LogP contribution in [-0.2, 0) is 16.4 Å². The van der Waals surface area contributed by atoms with Crippen molar-refractivity contribution in [2.24, 2.45) is 0 Å². The van der Waals surface area contributed by atoms with Gasteiger partial charge in [0, 0.05) is 19.3 Å². The number of ether oxygens (including phenoxy) is 1. The van der Waals surface area contributed by atoms with Crippen molar-refractivity contribution in [1.29, 1.82) is 0 Å². The number of hydrogen-bond acceptors (Lipinski definition) is 5. The Morgan fingerprint density at radius 1 is 1.26 bits per heavy atom. The van der Waals surface area contributed by atoms with Gasteiger partial charge in [-0.3, -0.25) is 5.43 Å². The van der Waals surface area contributed by atoms with Crippen LogP contribution in [0.3, 0.4) is 0 Å². The topological polar surface area (TPSA) is 58.6 Å². The average Bonchev–Trinajstić information content (AvgIpc) is 2.37. The van der Waals surface area contributed by atoms with Crippen LogP contribution in [0.5, 0.6) is 5.75 Å². The Labute approximate surface area is 115 Å². The highest BCUT2D eigenvalue weighted by Crippen LogP contribution is 2.12. The Kier molecular flexibility index (Phi) is 6.27. The first-order valence-corrected chi connectivity index (χ1v) is 8.23. The van der Waals surface area contributed by atoms with Gasteiger partial charge in [-0.2, -0.15) is 0 Å². The molecule has 0 atom stereocenters. The molecule has 1 N–H and O–H groups in total. The number of hydrazine groups is 1. The van der Waals surface area contributed by atoms with Crippen molar-refractivity contribution in [3.05, 3.63) is 29.8 Å². The minimum absolute atomic E-state index is 0.216. The van der Waals surface area contributed by atoms with Crippen molar-refractivity contribution in [3.63, 3.8) is 0 Å². The summed E-state index contributed by atoms with van der Waals surface area (Å²) < 4.78 is 27.3. The lowest BCUT2D eigenvalue weighted by Crippen LogP contribution is -2.35. The number of hydrogen-bond donors (Lipinski definition) is 1. The van der Waals surface area contributed by atoms with Crippen LogP contribution in [0.4, 0.5) is 0 Å². The molecule has 0 aliphatic heterocycles. The summed E-state index contributed by atoms with van der Waals surface area (Å²) in [4.78, 5) is 0. The second-order valence-corrected chi connectivity index (χ2v) is 6.74. The first-order valence-electron chi connectivity index (χ1n) is 6.17. The maximum Gasteiger partial charge on any atom is 0.147 e. The third kappa shape index (κ3) is 6.56. The van der Waals surface area contributed by atoms with Gasteiger partial charge >= 0.3 is 0 Å². The van der Waals surface area contributed by atoms with E-state index in [9.17, 15) is 8.42 Å². The van der Waals surface area contributed by atoms with Crippen LogP contribution in [0.2, 0.25) is 0 Å². The highest BCUT2D eigenvalue weighted by molar-refractivity contribution is 7.90. The monoisotopic (exact) mass is 286 g/mol. The fourth-order valence-electron chi connectivity index (χ4n) is 1.74. The first-order chi connectivity index (χ1) is 8.94. The van der Waals surface area contributed by atoms with Gasteiger partial charge in [-0.05, 0) is 31.2 Å². The minimum Gasteiger partial charge on any atom is -0.497 e. The van der Waals surface area contributed by atoms with Crippen molar-refractivity contribution in [1.82, 2.24) is 10.4 Å². The van der Waals surface area contributed by atoms with E-state index in [-0.39, 0.29) is 5.75 Å². The zero-order valence-corrected chi connectivity index (χ0v) is 12.5. The zero-order chi connectivity index (χ0) is 14.3. The predicted octanol–water partition coefficient (Wildman–Crippen LogP) is 1.07. The molecule has 0 bridgehead atoms. The molecule has 19 heavy (non-hydrogen) atoms. The van der Waals surface area contributed by atoms with Crippen LogP contribution in [0.25, 0.3) is 0 Å². The Morgan fingerprint density at radius 2 is 1.89 bits per heavy atom. The smallest absolute Gasteiger partial charge is 0.147 e. The van der Waals surface area contributed by atoms with Crippen molar-refractivity contribution in [3.8, 4) is 5.75 Å². The molecular weight excluding hydrogens is 264 g/mol. The summed E-state index contributed by atoms with van der Waals surface area (Å²) in [5, 5.41) is 1.99. The fourth-order valence-corrected chi connectivity index (χ4v) is 2.39.